The van der Waals surface area contributed by atoms with Crippen LogP contribution >= 0.6 is 0 Å². The molecule has 1 aliphatic carbocycles. The van der Waals surface area contributed by atoms with Crippen LogP contribution in [0.25, 0.3) is 5.57 Å². The van der Waals surface area contributed by atoms with Crippen LogP contribution in [0, 0.1) is 5.41 Å². The summed E-state index contributed by atoms with van der Waals surface area (Å²) in [6.07, 6.45) is 6.57. The van der Waals surface area contributed by atoms with E-state index in [2.05, 4.69) is 72.2 Å². The third kappa shape index (κ3) is 4.56. The van der Waals surface area contributed by atoms with Crippen molar-refractivity contribution < 1.29 is 0 Å². The molecule has 1 aliphatic heterocycles. The molecule has 0 atom stereocenters. The summed E-state index contributed by atoms with van der Waals surface area (Å²) in [6, 6.07) is 6.38. The van der Waals surface area contributed by atoms with Crippen molar-refractivity contribution in [1.29, 1.82) is 0 Å². The number of hydrogen-bond acceptors (Lipinski definition) is 6. The van der Waals surface area contributed by atoms with Crippen molar-refractivity contribution in [3.8, 4) is 0 Å². The maximum absolute atomic E-state index is 6.29. The van der Waals surface area contributed by atoms with Crippen LogP contribution in [-0.2, 0) is 6.42 Å². The predicted octanol–water partition coefficient (Wildman–Crippen LogP) is 2.60. The zero-order valence-electron chi connectivity index (χ0n) is 16.5. The number of rotatable bonds is 6. The molecule has 2 aliphatic rings. The van der Waals surface area contributed by atoms with Crippen LogP contribution in [0.2, 0.25) is 0 Å². The van der Waals surface area contributed by atoms with Gasteiger partial charge >= 0.3 is 0 Å². The average molecular weight is 357 g/mol. The Morgan fingerprint density at radius 1 is 1.31 bits per heavy atom. The number of likely N-dealkylation sites (N-methyl/N-ethyl adjacent to an activating group) is 1. The first-order chi connectivity index (χ1) is 12.3. The van der Waals surface area contributed by atoms with Crippen molar-refractivity contribution >= 4 is 17.1 Å². The largest absolute Gasteiger partial charge is 0.398 e. The third-order valence-corrected chi connectivity index (χ3v) is 5.25. The molecule has 0 spiro atoms. The maximum atomic E-state index is 6.29. The van der Waals surface area contributed by atoms with Crippen molar-refractivity contribution in [1.82, 2.24) is 21.0 Å². The van der Waals surface area contributed by atoms with E-state index < -0.39 is 0 Å². The second-order valence-electron chi connectivity index (χ2n) is 8.40. The van der Waals surface area contributed by atoms with Crippen LogP contribution in [0.5, 0.6) is 0 Å². The summed E-state index contributed by atoms with van der Waals surface area (Å²) in [5, 5.41) is 6.46. The van der Waals surface area contributed by atoms with Crippen LogP contribution in [0.15, 0.2) is 29.4 Å². The molecule has 1 aromatic rings. The molecule has 0 bridgehead atoms. The zero-order valence-corrected chi connectivity index (χ0v) is 16.5. The van der Waals surface area contributed by atoms with E-state index in [0.29, 0.717) is 5.41 Å². The van der Waals surface area contributed by atoms with Gasteiger partial charge in [-0.15, -0.1) is 10.6 Å². The van der Waals surface area contributed by atoms with Crippen LogP contribution in [-0.4, -0.2) is 42.9 Å². The summed E-state index contributed by atoms with van der Waals surface area (Å²) in [5.41, 5.74) is 17.3. The monoisotopic (exact) mass is 356 g/mol. The number of nitrogen functional groups attached to an aromatic ring is 1. The number of nitrogens with one attached hydrogen (secondary N) is 2. The van der Waals surface area contributed by atoms with E-state index in [9.17, 15) is 0 Å². The maximum Gasteiger partial charge on any atom is 0.146 e. The summed E-state index contributed by atoms with van der Waals surface area (Å²) < 4.78 is 0. The molecule has 0 fully saturated rings. The lowest BCUT2D eigenvalue weighted by Gasteiger charge is -2.29. The van der Waals surface area contributed by atoms with Gasteiger partial charge in [-0.2, -0.15) is 0 Å². The molecule has 6 heteroatoms. The van der Waals surface area contributed by atoms with Crippen molar-refractivity contribution in [3.63, 3.8) is 0 Å². The van der Waals surface area contributed by atoms with Gasteiger partial charge in [0.2, 0.25) is 0 Å². The highest BCUT2D eigenvalue weighted by molar-refractivity contribution is 5.85. The smallest absolute Gasteiger partial charge is 0.146 e. The minimum absolute atomic E-state index is 0.402. The minimum Gasteiger partial charge on any atom is -0.398 e. The molecule has 0 aromatic heterocycles. The summed E-state index contributed by atoms with van der Waals surface area (Å²) in [6.45, 7) is 6.51. The normalized spacial score (nSPS) is 19.3. The fraction of sp³-hybridized carbons (Fsp3) is 0.550. The first-order valence-electron chi connectivity index (χ1n) is 9.41. The van der Waals surface area contributed by atoms with Crippen molar-refractivity contribution in [2.45, 2.75) is 39.5 Å². The molecule has 0 saturated heterocycles. The number of nitrogens with two attached hydrogens (primary N) is 1. The highest BCUT2D eigenvalue weighted by Gasteiger charge is 2.23. The number of benzene rings is 1. The van der Waals surface area contributed by atoms with E-state index in [1.807, 2.05) is 6.07 Å². The molecule has 3 rings (SSSR count). The molecule has 26 heavy (non-hydrogen) atoms. The van der Waals surface area contributed by atoms with Gasteiger partial charge in [0.15, 0.2) is 0 Å². The third-order valence-electron chi connectivity index (χ3n) is 5.25. The van der Waals surface area contributed by atoms with E-state index >= 15 is 0 Å². The minimum atomic E-state index is 0.402. The van der Waals surface area contributed by atoms with Crippen LogP contribution < -0.4 is 16.8 Å². The fourth-order valence-electron chi connectivity index (χ4n) is 3.39. The summed E-state index contributed by atoms with van der Waals surface area (Å²) in [4.78, 5) is 2.16. The number of allylic oxidation sites excluding steroid dienone is 2. The number of hydrogen-bond donors (Lipinski definition) is 3. The number of hydrazone groups is 1. The zero-order chi connectivity index (χ0) is 18.7. The fourth-order valence-corrected chi connectivity index (χ4v) is 3.39. The molecule has 0 unspecified atom stereocenters. The van der Waals surface area contributed by atoms with Gasteiger partial charge < -0.3 is 10.6 Å². The Labute approximate surface area is 157 Å². The Morgan fingerprint density at radius 3 is 2.81 bits per heavy atom. The van der Waals surface area contributed by atoms with Gasteiger partial charge in [0, 0.05) is 24.2 Å². The lowest BCUT2D eigenvalue weighted by molar-refractivity contribution is 0.257. The van der Waals surface area contributed by atoms with E-state index in [4.69, 9.17) is 5.73 Å². The number of hydrazine groups is 2. The Kier molecular flexibility index (Phi) is 5.53. The summed E-state index contributed by atoms with van der Waals surface area (Å²) in [7, 11) is 4.15. The van der Waals surface area contributed by atoms with Crippen LogP contribution in [0.4, 0.5) is 5.69 Å². The second-order valence-corrected chi connectivity index (χ2v) is 8.40. The number of nitrogens with zero attached hydrogens (tertiary/aromatic N) is 3. The van der Waals surface area contributed by atoms with Gasteiger partial charge in [-0.25, -0.2) is 5.53 Å². The summed E-state index contributed by atoms with van der Waals surface area (Å²) in [5.74, 6) is 1.00. The molecule has 4 N–H and O–H groups in total. The van der Waals surface area contributed by atoms with E-state index in [0.717, 1.165) is 43.9 Å². The van der Waals surface area contributed by atoms with E-state index in [1.165, 1.54) is 23.1 Å². The Bertz CT molecular complexity index is 704. The lowest BCUT2D eigenvalue weighted by atomic mass is 9.76. The molecule has 0 radical (unpaired) electrons. The van der Waals surface area contributed by atoms with Gasteiger partial charge in [-0.05, 0) is 62.0 Å². The standard InChI is InChI=1S/C20H32N6/c1-20(2)9-7-16(8-10-20)17-13-15(5-6-18(17)21)14-19-22-23-24-26(19)12-11-25(3)4/h5-7,13,23-24H,8-12,14,21H2,1-4H3. The number of amidine groups is 1. The van der Waals surface area contributed by atoms with E-state index in [-0.39, 0.29) is 0 Å². The molecule has 1 heterocycles. The second kappa shape index (κ2) is 7.68. The molecular weight excluding hydrogens is 324 g/mol. The van der Waals surface area contributed by atoms with Gasteiger partial charge in [0.25, 0.3) is 0 Å². The molecule has 0 amide bonds. The van der Waals surface area contributed by atoms with Gasteiger partial charge in [-0.1, -0.05) is 26.0 Å². The first-order valence-corrected chi connectivity index (χ1v) is 9.41. The van der Waals surface area contributed by atoms with Crippen molar-refractivity contribution in [3.05, 3.63) is 35.4 Å². The van der Waals surface area contributed by atoms with Crippen LogP contribution in [0.1, 0.15) is 44.2 Å². The predicted molar refractivity (Wildman–Crippen MR) is 109 cm³/mol. The van der Waals surface area contributed by atoms with Gasteiger partial charge in [0.05, 0.1) is 6.54 Å². The van der Waals surface area contributed by atoms with Crippen molar-refractivity contribution in [2.75, 3.05) is 32.9 Å². The SMILES string of the molecule is CN(C)CCN1NNN=C1Cc1ccc(N)c(C2=CCC(C)(C)CC2)c1. The molecule has 0 saturated carbocycles. The summed E-state index contributed by atoms with van der Waals surface area (Å²) >= 11 is 0. The van der Waals surface area contributed by atoms with E-state index in [1.54, 1.807) is 0 Å². The highest BCUT2D eigenvalue weighted by atomic mass is 15.8. The first kappa shape index (κ1) is 18.7. The highest BCUT2D eigenvalue weighted by Crippen LogP contribution is 2.39. The molecule has 6 nitrogen and oxygen atoms in total. The molecular formula is C20H32N6. The van der Waals surface area contributed by atoms with Crippen molar-refractivity contribution in [2.24, 2.45) is 10.5 Å². The quantitative estimate of drug-likeness (QED) is 0.684. The topological polar surface area (TPSA) is 68.9 Å². The Hall–Kier alpha value is -2.05. The lowest BCUT2D eigenvalue weighted by Crippen LogP contribution is -2.44. The average Bonchev–Trinajstić information content (AvgIpc) is 3.02. The number of anilines is 1. The van der Waals surface area contributed by atoms with Crippen LogP contribution in [0.3, 0.4) is 0 Å². The van der Waals surface area contributed by atoms with Gasteiger partial charge in [-0.3, -0.25) is 5.01 Å². The Morgan fingerprint density at radius 2 is 2.12 bits per heavy atom. The molecule has 1 aromatic carbocycles. The molecule has 142 valence electrons. The van der Waals surface area contributed by atoms with Gasteiger partial charge in [0.1, 0.15) is 5.84 Å². The Balaban J connectivity index is 1.73.